The average molecular weight is 426 g/mol. The molecule has 0 unspecified atom stereocenters. The molecule has 0 aromatic rings. The minimum atomic E-state index is -1.27. The van der Waals surface area contributed by atoms with Gasteiger partial charge in [0, 0.05) is 17.3 Å². The summed E-state index contributed by atoms with van der Waals surface area (Å²) in [4.78, 5) is 55.7. The van der Waals surface area contributed by atoms with Crippen molar-refractivity contribution < 1.29 is 39.3 Å². The lowest BCUT2D eigenvalue weighted by molar-refractivity contribution is -0.139. The van der Waals surface area contributed by atoms with E-state index in [1.54, 1.807) is 0 Å². The van der Waals surface area contributed by atoms with Crippen molar-refractivity contribution in [1.82, 2.24) is 10.6 Å². The number of nitrogens with two attached hydrogens (primary N) is 2. The van der Waals surface area contributed by atoms with Gasteiger partial charge in [0.15, 0.2) is 5.37 Å². The zero-order chi connectivity index (χ0) is 21.0. The van der Waals surface area contributed by atoms with Crippen LogP contribution in [0, 0.1) is 0 Å². The Morgan fingerprint density at radius 1 is 0.963 bits per heavy atom. The molecule has 0 heterocycles. The lowest BCUT2D eigenvalue weighted by Crippen LogP contribution is -2.46. The Morgan fingerprint density at radius 3 is 2.07 bits per heavy atom. The van der Waals surface area contributed by atoms with Crippen LogP contribution in [-0.2, 0) is 24.0 Å². The first-order chi connectivity index (χ1) is 12.5. The van der Waals surface area contributed by atoms with E-state index >= 15 is 0 Å². The molecule has 14 heteroatoms. The highest BCUT2D eigenvalue weighted by molar-refractivity contribution is 8.16. The first-order valence-corrected chi connectivity index (χ1v) is 9.70. The van der Waals surface area contributed by atoms with Gasteiger partial charge >= 0.3 is 17.9 Å². The molecule has 0 saturated carbocycles. The van der Waals surface area contributed by atoms with Gasteiger partial charge in [-0.3, -0.25) is 24.0 Å². The maximum Gasteiger partial charge on any atom is 0.322 e. The number of rotatable bonds is 14. The van der Waals surface area contributed by atoms with E-state index in [-0.39, 0.29) is 23.7 Å². The summed E-state index contributed by atoms with van der Waals surface area (Å²) in [6, 6.07) is -2.31. The fourth-order valence-electron chi connectivity index (χ4n) is 1.43. The Morgan fingerprint density at radius 2 is 1.56 bits per heavy atom. The summed E-state index contributed by atoms with van der Waals surface area (Å²) in [5, 5.41) is 29.5. The molecule has 3 atom stereocenters. The number of carboxylic acid groups (broad SMARTS) is 3. The van der Waals surface area contributed by atoms with Crippen LogP contribution in [0.5, 0.6) is 0 Å². The predicted molar refractivity (Wildman–Crippen MR) is 97.9 cm³/mol. The number of carbonyl (C=O) groups is 5. The second-order valence-electron chi connectivity index (χ2n) is 5.14. The monoisotopic (exact) mass is 426 g/mol. The zero-order valence-electron chi connectivity index (χ0n) is 14.1. The molecular formula is C13H22N4O8S2. The molecule has 27 heavy (non-hydrogen) atoms. The quantitative estimate of drug-likeness (QED) is 0.115. The van der Waals surface area contributed by atoms with Gasteiger partial charge in [0.2, 0.25) is 5.91 Å². The van der Waals surface area contributed by atoms with E-state index in [1.165, 1.54) is 0 Å². The predicted octanol–water partition coefficient (Wildman–Crippen LogP) is -2.34. The standard InChI is InChI=1S/C13H22N4O8S2/c14-6(12(22)23)1-2-8(18)17-11(10(21)16-3-9(19)20)27-5-26-4-7(15)13(24)25/h6-7,11H,1-5,14-15H2,(H,16,21)(H,17,18)(H,19,20)(H,22,23)(H,24,25)/t6-,7+,11-/m0/s1. The van der Waals surface area contributed by atoms with Gasteiger partial charge in [0.05, 0.1) is 0 Å². The molecule has 0 bridgehead atoms. The minimum absolute atomic E-state index is 0.0766. The van der Waals surface area contributed by atoms with Crippen LogP contribution in [0.3, 0.4) is 0 Å². The summed E-state index contributed by atoms with van der Waals surface area (Å²) in [5.41, 5.74) is 10.6. The van der Waals surface area contributed by atoms with Crippen molar-refractivity contribution in [3.05, 3.63) is 0 Å². The van der Waals surface area contributed by atoms with Gasteiger partial charge < -0.3 is 37.4 Å². The van der Waals surface area contributed by atoms with Crippen LogP contribution < -0.4 is 22.1 Å². The van der Waals surface area contributed by atoms with Crippen molar-refractivity contribution >= 4 is 53.2 Å². The molecule has 0 radical (unpaired) electrons. The number of thioether (sulfide) groups is 2. The summed E-state index contributed by atoms with van der Waals surface area (Å²) in [7, 11) is 0. The Balaban J connectivity index is 4.61. The highest BCUT2D eigenvalue weighted by Crippen LogP contribution is 2.17. The summed E-state index contributed by atoms with van der Waals surface area (Å²) >= 11 is 2.05. The van der Waals surface area contributed by atoms with Crippen LogP contribution in [0.2, 0.25) is 0 Å². The number of carboxylic acids is 3. The molecule has 0 fully saturated rings. The second-order valence-corrected chi connectivity index (χ2v) is 7.63. The average Bonchev–Trinajstić information content (AvgIpc) is 2.59. The highest BCUT2D eigenvalue weighted by Gasteiger charge is 2.23. The Kier molecular flexibility index (Phi) is 12.2. The molecule has 154 valence electrons. The summed E-state index contributed by atoms with van der Waals surface area (Å²) in [6.07, 6.45) is -0.384. The summed E-state index contributed by atoms with van der Waals surface area (Å²) < 4.78 is 0. The number of carbonyl (C=O) groups excluding carboxylic acids is 2. The van der Waals surface area contributed by atoms with E-state index < -0.39 is 53.7 Å². The van der Waals surface area contributed by atoms with E-state index in [0.717, 1.165) is 23.5 Å². The summed E-state index contributed by atoms with van der Waals surface area (Å²) in [6.45, 7) is -0.646. The van der Waals surface area contributed by atoms with Crippen LogP contribution >= 0.6 is 23.5 Å². The highest BCUT2D eigenvalue weighted by atomic mass is 32.2. The number of hydrogen-bond acceptors (Lipinski definition) is 9. The van der Waals surface area contributed by atoms with E-state index in [0.29, 0.717) is 0 Å². The van der Waals surface area contributed by atoms with Crippen molar-refractivity contribution in [3.8, 4) is 0 Å². The van der Waals surface area contributed by atoms with Gasteiger partial charge in [-0.2, -0.15) is 0 Å². The van der Waals surface area contributed by atoms with Gasteiger partial charge in [-0.1, -0.05) is 0 Å². The molecule has 2 amide bonds. The lowest BCUT2D eigenvalue weighted by Gasteiger charge is -2.18. The van der Waals surface area contributed by atoms with Crippen LogP contribution in [0.4, 0.5) is 0 Å². The fourth-order valence-corrected chi connectivity index (χ4v) is 3.59. The van der Waals surface area contributed by atoms with E-state index in [2.05, 4.69) is 10.6 Å². The molecule has 0 aromatic heterocycles. The SMILES string of the molecule is N[C@H](CSCS[C@H](NC(=O)CC[C@H](N)C(=O)O)C(=O)NCC(=O)O)C(=O)O. The third kappa shape index (κ3) is 12.1. The number of hydrogen-bond donors (Lipinski definition) is 7. The van der Waals surface area contributed by atoms with Crippen LogP contribution in [0.15, 0.2) is 0 Å². The van der Waals surface area contributed by atoms with Gasteiger partial charge in [0.1, 0.15) is 18.6 Å². The molecule has 0 aromatic carbocycles. The maximum atomic E-state index is 12.0. The van der Waals surface area contributed by atoms with Crippen LogP contribution in [0.1, 0.15) is 12.8 Å². The van der Waals surface area contributed by atoms with Crippen molar-refractivity contribution in [2.24, 2.45) is 11.5 Å². The molecule has 0 rings (SSSR count). The Hall–Kier alpha value is -2.03. The normalized spacial score (nSPS) is 13.9. The number of amides is 2. The fraction of sp³-hybridized carbons (Fsp3) is 0.615. The Bertz CT molecular complexity index is 562. The molecule has 0 aliphatic carbocycles. The number of nitrogens with one attached hydrogen (secondary N) is 2. The minimum Gasteiger partial charge on any atom is -0.480 e. The van der Waals surface area contributed by atoms with Crippen molar-refractivity contribution in [1.29, 1.82) is 0 Å². The smallest absolute Gasteiger partial charge is 0.322 e. The largest absolute Gasteiger partial charge is 0.480 e. The molecule has 0 saturated heterocycles. The molecule has 12 nitrogen and oxygen atoms in total. The zero-order valence-corrected chi connectivity index (χ0v) is 15.8. The first kappa shape index (κ1) is 25.0. The van der Waals surface area contributed by atoms with E-state index in [9.17, 15) is 24.0 Å². The van der Waals surface area contributed by atoms with Crippen LogP contribution in [-0.4, -0.2) is 79.9 Å². The molecule has 0 spiro atoms. The van der Waals surface area contributed by atoms with Crippen LogP contribution in [0.25, 0.3) is 0 Å². The Labute approximate surface area is 162 Å². The third-order valence-corrected chi connectivity index (χ3v) is 5.35. The van der Waals surface area contributed by atoms with E-state index in [1.807, 2.05) is 0 Å². The molecule has 0 aliphatic heterocycles. The van der Waals surface area contributed by atoms with Crippen molar-refractivity contribution in [3.63, 3.8) is 0 Å². The van der Waals surface area contributed by atoms with Gasteiger partial charge in [-0.15, -0.1) is 23.5 Å². The maximum absolute atomic E-state index is 12.0. The number of aliphatic carboxylic acids is 3. The van der Waals surface area contributed by atoms with Crippen molar-refractivity contribution in [2.45, 2.75) is 30.3 Å². The van der Waals surface area contributed by atoms with E-state index in [4.69, 9.17) is 26.8 Å². The first-order valence-electron chi connectivity index (χ1n) is 7.49. The van der Waals surface area contributed by atoms with Gasteiger partial charge in [0.25, 0.3) is 5.91 Å². The third-order valence-electron chi connectivity index (χ3n) is 2.88. The molecule has 0 aliphatic rings. The lowest BCUT2D eigenvalue weighted by atomic mass is 10.1. The summed E-state index contributed by atoms with van der Waals surface area (Å²) in [5.74, 6) is -5.03. The van der Waals surface area contributed by atoms with Gasteiger partial charge in [-0.05, 0) is 6.42 Å². The van der Waals surface area contributed by atoms with Gasteiger partial charge in [-0.25, -0.2) is 0 Å². The topological polar surface area (TPSA) is 222 Å². The molecule has 9 N–H and O–H groups in total. The second kappa shape index (κ2) is 13.2. The van der Waals surface area contributed by atoms with Crippen molar-refractivity contribution in [2.75, 3.05) is 17.4 Å². The molecular weight excluding hydrogens is 404 g/mol.